The number of hydrogen-bond donors (Lipinski definition) is 2. The second-order valence-corrected chi connectivity index (χ2v) is 8.77. The van der Waals surface area contributed by atoms with Gasteiger partial charge in [-0.25, -0.2) is 0 Å². The monoisotopic (exact) mass is 479 g/mol. The van der Waals surface area contributed by atoms with E-state index < -0.39 is 23.7 Å². The van der Waals surface area contributed by atoms with E-state index in [-0.39, 0.29) is 22.3 Å². The van der Waals surface area contributed by atoms with Crippen molar-refractivity contribution in [1.29, 1.82) is 5.26 Å². The molecule has 9 heteroatoms. The lowest BCUT2D eigenvalue weighted by molar-refractivity contribution is -0.150. The van der Waals surface area contributed by atoms with E-state index in [4.69, 9.17) is 4.74 Å². The summed E-state index contributed by atoms with van der Waals surface area (Å²) in [5.41, 5.74) is 0.850. The van der Waals surface area contributed by atoms with E-state index >= 15 is 0 Å². The van der Waals surface area contributed by atoms with Crippen LogP contribution in [0.15, 0.2) is 39.3 Å². The zero-order chi connectivity index (χ0) is 21.6. The number of amides is 2. The van der Waals surface area contributed by atoms with Gasteiger partial charge in [0.1, 0.15) is 5.92 Å². The number of esters is 1. The van der Waals surface area contributed by atoms with Crippen molar-refractivity contribution in [2.24, 2.45) is 11.8 Å². The molecule has 2 rings (SSSR count). The van der Waals surface area contributed by atoms with Crippen LogP contribution in [0.3, 0.4) is 0 Å². The molecule has 0 bridgehead atoms. The molecular weight excluding hydrogens is 458 g/mol. The fourth-order valence-corrected chi connectivity index (χ4v) is 4.18. The second-order valence-electron chi connectivity index (χ2n) is 6.86. The highest BCUT2D eigenvalue weighted by molar-refractivity contribution is 9.10. The van der Waals surface area contributed by atoms with Gasteiger partial charge in [-0.15, -0.1) is 0 Å². The molecule has 1 aliphatic rings. The zero-order valence-corrected chi connectivity index (χ0v) is 18.7. The van der Waals surface area contributed by atoms with Gasteiger partial charge in [-0.05, 0) is 23.6 Å². The minimum atomic E-state index is -1.19. The van der Waals surface area contributed by atoms with E-state index in [0.29, 0.717) is 18.0 Å². The highest BCUT2D eigenvalue weighted by Gasteiger charge is 2.44. The molecule has 0 radical (unpaired) electrons. The normalized spacial score (nSPS) is 18.8. The Bertz CT molecular complexity index is 879. The number of benzene rings is 1. The molecule has 1 aromatic rings. The third-order valence-corrected chi connectivity index (χ3v) is 5.76. The number of nitrogens with one attached hydrogen (secondary N) is 2. The van der Waals surface area contributed by atoms with Crippen LogP contribution in [0.2, 0.25) is 0 Å². The topological polar surface area (TPSA) is 108 Å². The minimum absolute atomic E-state index is 0.0433. The molecule has 29 heavy (non-hydrogen) atoms. The average molecular weight is 480 g/mol. The Labute approximate surface area is 182 Å². The van der Waals surface area contributed by atoms with Crippen molar-refractivity contribution in [2.75, 3.05) is 19.4 Å². The number of hydrogen-bond acceptors (Lipinski definition) is 6. The SMILES string of the molecule is COC(=O)[C@@H]1C(=O)NC(SCC(=O)NCC(C)C)=C(C#N)[C@H]1c1cccc(Br)c1. The van der Waals surface area contributed by atoms with E-state index in [2.05, 4.69) is 32.6 Å². The van der Waals surface area contributed by atoms with E-state index in [0.717, 1.165) is 16.2 Å². The molecule has 2 atom stereocenters. The van der Waals surface area contributed by atoms with Gasteiger partial charge < -0.3 is 15.4 Å². The number of allylic oxidation sites excluding steroid dienone is 1. The summed E-state index contributed by atoms with van der Waals surface area (Å²) in [4.78, 5) is 37.1. The van der Waals surface area contributed by atoms with Crippen molar-refractivity contribution in [1.82, 2.24) is 10.6 Å². The van der Waals surface area contributed by atoms with Crippen LogP contribution in [0, 0.1) is 23.2 Å². The fraction of sp³-hybridized carbons (Fsp3) is 0.400. The second kappa shape index (κ2) is 10.5. The smallest absolute Gasteiger partial charge is 0.319 e. The van der Waals surface area contributed by atoms with Crippen LogP contribution in [-0.2, 0) is 19.1 Å². The summed E-state index contributed by atoms with van der Waals surface area (Å²) in [5, 5.41) is 15.5. The first-order chi connectivity index (χ1) is 13.8. The molecule has 0 unspecified atom stereocenters. The molecule has 1 heterocycles. The average Bonchev–Trinajstić information content (AvgIpc) is 2.69. The summed E-state index contributed by atoms with van der Waals surface area (Å²) < 4.78 is 5.56. The molecule has 0 saturated carbocycles. The predicted molar refractivity (Wildman–Crippen MR) is 113 cm³/mol. The maximum absolute atomic E-state index is 12.7. The zero-order valence-electron chi connectivity index (χ0n) is 16.3. The molecule has 7 nitrogen and oxygen atoms in total. The number of carbonyl (C=O) groups is 3. The molecule has 154 valence electrons. The van der Waals surface area contributed by atoms with Crippen LogP contribution >= 0.6 is 27.7 Å². The van der Waals surface area contributed by atoms with E-state index in [9.17, 15) is 19.6 Å². The van der Waals surface area contributed by atoms with Gasteiger partial charge in [0.15, 0.2) is 0 Å². The molecule has 0 saturated heterocycles. The highest BCUT2D eigenvalue weighted by atomic mass is 79.9. The van der Waals surface area contributed by atoms with Crippen molar-refractivity contribution in [3.05, 3.63) is 44.9 Å². The molecule has 0 fully saturated rings. The lowest BCUT2D eigenvalue weighted by Crippen LogP contribution is -2.44. The first-order valence-corrected chi connectivity index (χ1v) is 10.7. The lowest BCUT2D eigenvalue weighted by Gasteiger charge is -2.31. The molecular formula is C20H22BrN3O4S. The summed E-state index contributed by atoms with van der Waals surface area (Å²) in [7, 11) is 1.20. The summed E-state index contributed by atoms with van der Waals surface area (Å²) in [6.07, 6.45) is 0. The minimum Gasteiger partial charge on any atom is -0.468 e. The number of halogens is 1. The first kappa shape index (κ1) is 23.0. The fourth-order valence-electron chi connectivity index (χ4n) is 2.89. The van der Waals surface area contributed by atoms with Crippen LogP contribution in [0.4, 0.5) is 0 Å². The maximum atomic E-state index is 12.7. The van der Waals surface area contributed by atoms with Crippen molar-refractivity contribution in [3.63, 3.8) is 0 Å². The van der Waals surface area contributed by atoms with Gasteiger partial charge in [0, 0.05) is 16.9 Å². The third-order valence-electron chi connectivity index (χ3n) is 4.25. The van der Waals surface area contributed by atoms with Gasteiger partial charge in [-0.1, -0.05) is 53.7 Å². The number of ether oxygens (including phenoxy) is 1. The molecule has 1 aliphatic heterocycles. The summed E-state index contributed by atoms with van der Waals surface area (Å²) in [5.74, 6) is -3.12. The van der Waals surface area contributed by atoms with Gasteiger partial charge in [0.25, 0.3) is 0 Å². The Morgan fingerprint density at radius 3 is 2.72 bits per heavy atom. The number of thioether (sulfide) groups is 1. The van der Waals surface area contributed by atoms with Gasteiger partial charge >= 0.3 is 5.97 Å². The molecule has 0 aliphatic carbocycles. The molecule has 2 amide bonds. The number of nitriles is 1. The predicted octanol–water partition coefficient (Wildman–Crippen LogP) is 2.69. The molecule has 0 spiro atoms. The van der Waals surface area contributed by atoms with Crippen LogP contribution < -0.4 is 10.6 Å². The summed E-state index contributed by atoms with van der Waals surface area (Å²) in [6, 6.07) is 9.20. The lowest BCUT2D eigenvalue weighted by atomic mass is 9.78. The largest absolute Gasteiger partial charge is 0.468 e. The number of carbonyl (C=O) groups excluding carboxylic acids is 3. The summed E-state index contributed by atoms with van der Waals surface area (Å²) in [6.45, 7) is 4.52. The van der Waals surface area contributed by atoms with Gasteiger partial charge in [0.05, 0.1) is 29.5 Å². The number of methoxy groups -OCH3 is 1. The van der Waals surface area contributed by atoms with Crippen LogP contribution in [0.5, 0.6) is 0 Å². The Hall–Kier alpha value is -2.31. The van der Waals surface area contributed by atoms with Gasteiger partial charge in [0.2, 0.25) is 11.8 Å². The molecule has 0 aromatic heterocycles. The standard InChI is InChI=1S/C20H22BrN3O4S/c1-11(2)9-23-15(25)10-29-19-14(8-22)16(12-5-4-6-13(21)7-12)17(18(26)24-19)20(27)28-3/h4-7,11,16-17H,9-10H2,1-3H3,(H,23,25)(H,24,26)/t16-,17+/m1/s1. The highest BCUT2D eigenvalue weighted by Crippen LogP contribution is 2.40. The van der Waals surface area contributed by atoms with Crippen molar-refractivity contribution < 1.29 is 19.1 Å². The third kappa shape index (κ3) is 5.84. The number of nitrogens with zero attached hydrogens (tertiary/aromatic N) is 1. The first-order valence-electron chi connectivity index (χ1n) is 8.96. The van der Waals surface area contributed by atoms with Crippen LogP contribution in [0.25, 0.3) is 0 Å². The Morgan fingerprint density at radius 1 is 1.41 bits per heavy atom. The van der Waals surface area contributed by atoms with Crippen molar-refractivity contribution in [3.8, 4) is 6.07 Å². The van der Waals surface area contributed by atoms with E-state index in [1.807, 2.05) is 19.9 Å². The van der Waals surface area contributed by atoms with Crippen LogP contribution in [-0.4, -0.2) is 37.2 Å². The Morgan fingerprint density at radius 2 is 2.14 bits per heavy atom. The van der Waals surface area contributed by atoms with Crippen molar-refractivity contribution in [2.45, 2.75) is 19.8 Å². The Kier molecular flexibility index (Phi) is 8.29. The maximum Gasteiger partial charge on any atom is 0.319 e. The quantitative estimate of drug-likeness (QED) is 0.459. The van der Waals surface area contributed by atoms with Crippen molar-refractivity contribution >= 4 is 45.5 Å². The van der Waals surface area contributed by atoms with E-state index in [1.54, 1.807) is 18.2 Å². The number of rotatable bonds is 7. The molecule has 1 aromatic carbocycles. The Balaban J connectivity index is 2.39. The van der Waals surface area contributed by atoms with Gasteiger partial charge in [-0.3, -0.25) is 14.4 Å². The van der Waals surface area contributed by atoms with E-state index in [1.165, 1.54) is 7.11 Å². The van der Waals surface area contributed by atoms with Gasteiger partial charge in [-0.2, -0.15) is 5.26 Å². The van der Waals surface area contributed by atoms with Crippen LogP contribution in [0.1, 0.15) is 25.3 Å². The molecule has 2 N–H and O–H groups in total. The summed E-state index contributed by atoms with van der Waals surface area (Å²) >= 11 is 4.45.